The Morgan fingerprint density at radius 2 is 2.11 bits per heavy atom. The number of hydrogen-bond donors (Lipinski definition) is 2. The fourth-order valence-electron chi connectivity index (χ4n) is 2.10. The number of thiophene rings is 1. The fraction of sp³-hybridized carbons (Fsp3) is 0.417. The summed E-state index contributed by atoms with van der Waals surface area (Å²) in [6.45, 7) is 1.73. The normalized spacial score (nSPS) is 12.9. The highest BCUT2D eigenvalue weighted by Gasteiger charge is 2.27. The van der Waals surface area contributed by atoms with E-state index < -0.39 is 17.8 Å². The number of esters is 1. The number of fused-ring (bicyclic) bond motifs is 1. The van der Waals surface area contributed by atoms with Gasteiger partial charge in [0.2, 0.25) is 0 Å². The molecule has 6 nitrogen and oxygen atoms in total. The van der Waals surface area contributed by atoms with Crippen LogP contribution >= 0.6 is 11.3 Å². The Bertz CT molecular complexity index is 550. The minimum absolute atomic E-state index is 0.121. The molecule has 1 aliphatic rings. The summed E-state index contributed by atoms with van der Waals surface area (Å²) in [5.74, 6) is -2.44. The van der Waals surface area contributed by atoms with Gasteiger partial charge in [-0.3, -0.25) is 9.59 Å². The van der Waals surface area contributed by atoms with Gasteiger partial charge in [-0.1, -0.05) is 0 Å². The molecule has 7 heteroatoms. The van der Waals surface area contributed by atoms with E-state index in [9.17, 15) is 14.4 Å². The van der Waals surface area contributed by atoms with Crippen molar-refractivity contribution in [3.63, 3.8) is 0 Å². The molecule has 0 spiro atoms. The van der Waals surface area contributed by atoms with Gasteiger partial charge in [-0.2, -0.15) is 0 Å². The molecule has 3 N–H and O–H groups in total. The van der Waals surface area contributed by atoms with Gasteiger partial charge in [-0.25, -0.2) is 4.79 Å². The van der Waals surface area contributed by atoms with Crippen LogP contribution in [0.4, 0.5) is 5.00 Å². The third-order valence-corrected chi connectivity index (χ3v) is 4.06. The Kier molecular flexibility index (Phi) is 3.84. The van der Waals surface area contributed by atoms with Crippen LogP contribution in [0.3, 0.4) is 0 Å². The molecule has 19 heavy (non-hydrogen) atoms. The van der Waals surface area contributed by atoms with Crippen LogP contribution in [0.25, 0.3) is 0 Å². The largest absolute Gasteiger partial charge is 0.459 e. The molecule has 0 saturated carbocycles. The summed E-state index contributed by atoms with van der Waals surface area (Å²) >= 11 is 1.30. The molecule has 0 fully saturated rings. The van der Waals surface area contributed by atoms with Crippen molar-refractivity contribution in [1.82, 2.24) is 0 Å². The lowest BCUT2D eigenvalue weighted by atomic mass is 10.1. The standard InChI is InChI=1S/C12H14N2O4S/c1-2-18-12(17)10(16)14-11-8(9(13)15)6-4-3-5-7(6)19-11/h2-5H2,1H3,(H2,13,15)(H,14,16). The van der Waals surface area contributed by atoms with Gasteiger partial charge in [0.25, 0.3) is 5.91 Å². The summed E-state index contributed by atoms with van der Waals surface area (Å²) in [7, 11) is 0. The number of amides is 2. The molecule has 1 aromatic heterocycles. The topological polar surface area (TPSA) is 98.5 Å². The molecule has 102 valence electrons. The maximum Gasteiger partial charge on any atom is 0.397 e. The van der Waals surface area contributed by atoms with Crippen LogP contribution in [0.15, 0.2) is 0 Å². The first kappa shape index (κ1) is 13.5. The molecule has 2 rings (SSSR count). The van der Waals surface area contributed by atoms with Gasteiger partial charge >= 0.3 is 11.9 Å². The van der Waals surface area contributed by atoms with Crippen LogP contribution in [0.5, 0.6) is 0 Å². The number of carbonyl (C=O) groups is 3. The van der Waals surface area contributed by atoms with E-state index in [0.717, 1.165) is 29.7 Å². The molecule has 0 unspecified atom stereocenters. The first-order chi connectivity index (χ1) is 9.04. The zero-order chi connectivity index (χ0) is 14.0. The number of carbonyl (C=O) groups excluding carboxylic acids is 3. The van der Waals surface area contributed by atoms with Crippen molar-refractivity contribution in [3.05, 3.63) is 16.0 Å². The van der Waals surface area contributed by atoms with Crippen molar-refractivity contribution in [1.29, 1.82) is 0 Å². The van der Waals surface area contributed by atoms with E-state index in [-0.39, 0.29) is 6.61 Å². The van der Waals surface area contributed by atoms with Crippen molar-refractivity contribution < 1.29 is 19.1 Å². The van der Waals surface area contributed by atoms with Gasteiger partial charge in [0.1, 0.15) is 5.00 Å². The maximum atomic E-state index is 11.6. The zero-order valence-electron chi connectivity index (χ0n) is 10.4. The Hall–Kier alpha value is -1.89. The lowest BCUT2D eigenvalue weighted by Gasteiger charge is -2.05. The van der Waals surface area contributed by atoms with Gasteiger partial charge in [0.05, 0.1) is 12.2 Å². The van der Waals surface area contributed by atoms with Gasteiger partial charge in [-0.15, -0.1) is 11.3 Å². The van der Waals surface area contributed by atoms with Crippen LogP contribution < -0.4 is 11.1 Å². The predicted octanol–water partition coefficient (Wildman–Crippen LogP) is 0.837. The monoisotopic (exact) mass is 282 g/mol. The molecule has 0 aliphatic heterocycles. The van der Waals surface area contributed by atoms with Gasteiger partial charge < -0.3 is 15.8 Å². The first-order valence-electron chi connectivity index (χ1n) is 5.97. The summed E-state index contributed by atoms with van der Waals surface area (Å²) in [4.78, 5) is 35.4. The van der Waals surface area contributed by atoms with Crippen LogP contribution in [-0.2, 0) is 27.2 Å². The van der Waals surface area contributed by atoms with Crippen molar-refractivity contribution in [2.45, 2.75) is 26.2 Å². The van der Waals surface area contributed by atoms with Crippen molar-refractivity contribution >= 4 is 34.1 Å². The van der Waals surface area contributed by atoms with E-state index in [0.29, 0.717) is 10.6 Å². The summed E-state index contributed by atoms with van der Waals surface area (Å²) < 4.78 is 4.59. The van der Waals surface area contributed by atoms with Crippen LogP contribution in [0.1, 0.15) is 34.1 Å². The Morgan fingerprint density at radius 1 is 1.37 bits per heavy atom. The summed E-state index contributed by atoms with van der Waals surface area (Å²) in [5.41, 5.74) is 6.57. The van der Waals surface area contributed by atoms with Crippen molar-refractivity contribution in [3.8, 4) is 0 Å². The lowest BCUT2D eigenvalue weighted by molar-refractivity contribution is -0.152. The minimum atomic E-state index is -0.966. The molecular weight excluding hydrogens is 268 g/mol. The third kappa shape index (κ3) is 2.60. The number of ether oxygens (including phenoxy) is 1. The van der Waals surface area contributed by atoms with Gasteiger partial charge in [-0.05, 0) is 31.7 Å². The average Bonchev–Trinajstić information content (AvgIpc) is 2.88. The van der Waals surface area contributed by atoms with Crippen molar-refractivity contribution in [2.75, 3.05) is 11.9 Å². The number of aryl methyl sites for hydroxylation is 1. The number of primary amides is 1. The number of hydrogen-bond acceptors (Lipinski definition) is 5. The van der Waals surface area contributed by atoms with Crippen LogP contribution in [0.2, 0.25) is 0 Å². The smallest absolute Gasteiger partial charge is 0.397 e. The predicted molar refractivity (Wildman–Crippen MR) is 70.1 cm³/mol. The third-order valence-electron chi connectivity index (χ3n) is 2.86. The highest BCUT2D eigenvalue weighted by Crippen LogP contribution is 2.38. The van der Waals surface area contributed by atoms with Crippen LogP contribution in [0, 0.1) is 0 Å². The average molecular weight is 282 g/mol. The van der Waals surface area contributed by atoms with E-state index in [2.05, 4.69) is 10.1 Å². The number of anilines is 1. The van der Waals surface area contributed by atoms with E-state index in [1.54, 1.807) is 6.92 Å². The Labute approximate surface area is 113 Å². The summed E-state index contributed by atoms with van der Waals surface area (Å²) in [6.07, 6.45) is 2.63. The minimum Gasteiger partial charge on any atom is -0.459 e. The highest BCUT2D eigenvalue weighted by molar-refractivity contribution is 7.17. The number of rotatable bonds is 3. The number of nitrogens with one attached hydrogen (secondary N) is 1. The molecule has 0 radical (unpaired) electrons. The van der Waals surface area contributed by atoms with E-state index >= 15 is 0 Å². The second-order valence-corrected chi connectivity index (χ2v) is 5.21. The van der Waals surface area contributed by atoms with E-state index in [1.165, 1.54) is 11.3 Å². The molecule has 1 aromatic rings. The van der Waals surface area contributed by atoms with Crippen LogP contribution in [-0.4, -0.2) is 24.4 Å². The summed E-state index contributed by atoms with van der Waals surface area (Å²) in [5, 5.41) is 2.75. The van der Waals surface area contributed by atoms with E-state index in [4.69, 9.17) is 5.73 Å². The summed E-state index contributed by atoms with van der Waals surface area (Å²) in [6, 6.07) is 0. The fourth-order valence-corrected chi connectivity index (χ4v) is 3.39. The van der Waals surface area contributed by atoms with Gasteiger partial charge in [0, 0.05) is 4.88 Å². The van der Waals surface area contributed by atoms with Gasteiger partial charge in [0.15, 0.2) is 0 Å². The highest BCUT2D eigenvalue weighted by atomic mass is 32.1. The van der Waals surface area contributed by atoms with Crippen molar-refractivity contribution in [2.24, 2.45) is 5.73 Å². The Balaban J connectivity index is 2.24. The Morgan fingerprint density at radius 3 is 2.74 bits per heavy atom. The zero-order valence-corrected chi connectivity index (χ0v) is 11.3. The molecule has 0 bridgehead atoms. The lowest BCUT2D eigenvalue weighted by Crippen LogP contribution is -2.26. The molecule has 0 atom stereocenters. The molecular formula is C12H14N2O4S. The maximum absolute atomic E-state index is 11.6. The quantitative estimate of drug-likeness (QED) is 0.634. The van der Waals surface area contributed by atoms with E-state index in [1.807, 2.05) is 0 Å². The molecule has 0 aromatic carbocycles. The molecule has 1 heterocycles. The second-order valence-electron chi connectivity index (χ2n) is 4.10. The first-order valence-corrected chi connectivity index (χ1v) is 6.78. The SMILES string of the molecule is CCOC(=O)C(=O)Nc1sc2c(c1C(N)=O)CCC2. The number of nitrogens with two attached hydrogens (primary N) is 1. The molecule has 2 amide bonds. The molecule has 1 aliphatic carbocycles. The second kappa shape index (κ2) is 5.40. The molecule has 0 saturated heterocycles.